The average molecular weight is 268 g/mol. The third kappa shape index (κ3) is 5.13. The average Bonchev–Trinajstić information content (AvgIpc) is 2.53. The quantitative estimate of drug-likeness (QED) is 0.855. The maximum Gasteiger partial charge on any atom is 0.224 e. The number of carbonyl (C=O) groups excluding carboxylic acids is 1. The van der Waals surface area contributed by atoms with Crippen molar-refractivity contribution in [2.24, 2.45) is 23.0 Å². The number of nitrogens with two attached hydrogens (primary N) is 1. The van der Waals surface area contributed by atoms with Gasteiger partial charge in [-0.3, -0.25) is 4.79 Å². The Morgan fingerprint density at radius 3 is 2.42 bits per heavy atom. The maximum atomic E-state index is 12.3. The summed E-state index contributed by atoms with van der Waals surface area (Å²) in [5.74, 6) is 1.35. The first-order valence-corrected chi connectivity index (χ1v) is 7.75. The summed E-state index contributed by atoms with van der Waals surface area (Å²) in [5.41, 5.74) is 6.37. The second kappa shape index (κ2) is 6.74. The van der Waals surface area contributed by atoms with Gasteiger partial charge in [0.1, 0.15) is 0 Å². The molecule has 2 N–H and O–H groups in total. The zero-order chi connectivity index (χ0) is 14.6. The normalized spacial score (nSPS) is 23.3. The number of rotatable bonds is 3. The molecule has 2 atom stereocenters. The van der Waals surface area contributed by atoms with E-state index in [1.54, 1.807) is 0 Å². The first-order valence-electron chi connectivity index (χ1n) is 7.75. The van der Waals surface area contributed by atoms with Crippen molar-refractivity contribution in [2.45, 2.75) is 66.3 Å². The molecule has 112 valence electrons. The molecule has 0 aromatic heterocycles. The first kappa shape index (κ1) is 16.5. The molecular weight excluding hydrogens is 236 g/mol. The third-order valence-electron chi connectivity index (χ3n) is 4.57. The number of amides is 1. The lowest BCUT2D eigenvalue weighted by Gasteiger charge is -2.30. The lowest BCUT2D eigenvalue weighted by Crippen LogP contribution is -2.38. The van der Waals surface area contributed by atoms with Crippen molar-refractivity contribution in [2.75, 3.05) is 13.1 Å². The van der Waals surface area contributed by atoms with E-state index in [1.807, 2.05) is 4.90 Å². The molecule has 0 radical (unpaired) electrons. The van der Waals surface area contributed by atoms with Gasteiger partial charge in [-0.25, -0.2) is 0 Å². The Kier molecular flexibility index (Phi) is 5.84. The van der Waals surface area contributed by atoms with Crippen molar-refractivity contribution in [1.82, 2.24) is 4.90 Å². The minimum atomic E-state index is -0.00540. The standard InChI is InChI=1S/C16H32N2O/c1-12(2)14(17)11-15(19)18-9-6-7-13(8-10-18)16(3,4)5/h12-14H,6-11,17H2,1-5H3. The van der Waals surface area contributed by atoms with Crippen LogP contribution in [0.15, 0.2) is 0 Å². The van der Waals surface area contributed by atoms with E-state index in [1.165, 1.54) is 6.42 Å². The zero-order valence-electron chi connectivity index (χ0n) is 13.4. The molecule has 1 saturated heterocycles. The highest BCUT2D eigenvalue weighted by Crippen LogP contribution is 2.34. The first-order chi connectivity index (χ1) is 8.71. The summed E-state index contributed by atoms with van der Waals surface area (Å²) in [6, 6.07) is -0.00540. The van der Waals surface area contributed by atoms with Gasteiger partial charge in [0.2, 0.25) is 5.91 Å². The molecule has 3 nitrogen and oxygen atoms in total. The molecule has 2 unspecified atom stereocenters. The van der Waals surface area contributed by atoms with Gasteiger partial charge < -0.3 is 10.6 Å². The van der Waals surface area contributed by atoms with Crippen LogP contribution >= 0.6 is 0 Å². The predicted octanol–water partition coefficient (Wildman–Crippen LogP) is 3.03. The van der Waals surface area contributed by atoms with E-state index in [9.17, 15) is 4.79 Å². The van der Waals surface area contributed by atoms with Crippen LogP contribution in [0.3, 0.4) is 0 Å². The highest BCUT2D eigenvalue weighted by molar-refractivity contribution is 5.76. The molecule has 19 heavy (non-hydrogen) atoms. The lowest BCUT2D eigenvalue weighted by atomic mass is 9.77. The van der Waals surface area contributed by atoms with E-state index >= 15 is 0 Å². The summed E-state index contributed by atoms with van der Waals surface area (Å²) in [6.45, 7) is 12.9. The smallest absolute Gasteiger partial charge is 0.224 e. The fourth-order valence-electron chi connectivity index (χ4n) is 2.78. The van der Waals surface area contributed by atoms with Gasteiger partial charge in [-0.1, -0.05) is 34.6 Å². The van der Waals surface area contributed by atoms with E-state index < -0.39 is 0 Å². The molecule has 1 amide bonds. The van der Waals surface area contributed by atoms with E-state index in [4.69, 9.17) is 5.73 Å². The topological polar surface area (TPSA) is 46.3 Å². The SMILES string of the molecule is CC(C)C(N)CC(=O)N1CCCC(C(C)(C)C)CC1. The Morgan fingerprint density at radius 2 is 1.89 bits per heavy atom. The van der Waals surface area contributed by atoms with Gasteiger partial charge in [-0.2, -0.15) is 0 Å². The third-order valence-corrected chi connectivity index (χ3v) is 4.57. The number of carbonyl (C=O) groups is 1. The molecule has 0 aromatic carbocycles. The van der Waals surface area contributed by atoms with Gasteiger partial charge in [-0.15, -0.1) is 0 Å². The Bertz CT molecular complexity index is 294. The number of hydrogen-bond acceptors (Lipinski definition) is 2. The summed E-state index contributed by atoms with van der Waals surface area (Å²) in [5, 5.41) is 0. The lowest BCUT2D eigenvalue weighted by molar-refractivity contribution is -0.131. The van der Waals surface area contributed by atoms with E-state index in [0.29, 0.717) is 17.8 Å². The zero-order valence-corrected chi connectivity index (χ0v) is 13.4. The van der Waals surface area contributed by atoms with Crippen molar-refractivity contribution in [3.05, 3.63) is 0 Å². The van der Waals surface area contributed by atoms with Crippen LogP contribution in [0, 0.1) is 17.3 Å². The highest BCUT2D eigenvalue weighted by atomic mass is 16.2. The van der Waals surface area contributed by atoms with E-state index in [2.05, 4.69) is 34.6 Å². The summed E-state index contributed by atoms with van der Waals surface area (Å²) in [6.07, 6.45) is 4.00. The van der Waals surface area contributed by atoms with Crippen molar-refractivity contribution < 1.29 is 4.79 Å². The van der Waals surface area contributed by atoms with Crippen LogP contribution in [-0.2, 0) is 4.79 Å². The Balaban J connectivity index is 2.51. The predicted molar refractivity (Wildman–Crippen MR) is 80.8 cm³/mol. The van der Waals surface area contributed by atoms with Gasteiger partial charge in [0.05, 0.1) is 0 Å². The molecule has 1 aliphatic heterocycles. The Hall–Kier alpha value is -0.570. The molecule has 0 spiro atoms. The van der Waals surface area contributed by atoms with Crippen molar-refractivity contribution in [3.8, 4) is 0 Å². The van der Waals surface area contributed by atoms with E-state index in [0.717, 1.165) is 31.8 Å². The van der Waals surface area contributed by atoms with Gasteiger partial charge >= 0.3 is 0 Å². The second-order valence-electron chi connectivity index (χ2n) is 7.49. The second-order valence-corrected chi connectivity index (χ2v) is 7.49. The molecule has 3 heteroatoms. The molecule has 0 bridgehead atoms. The monoisotopic (exact) mass is 268 g/mol. The summed E-state index contributed by atoms with van der Waals surface area (Å²) in [7, 11) is 0. The van der Waals surface area contributed by atoms with Gasteiger partial charge in [0.25, 0.3) is 0 Å². The number of nitrogens with zero attached hydrogens (tertiary/aromatic N) is 1. The highest BCUT2D eigenvalue weighted by Gasteiger charge is 2.28. The van der Waals surface area contributed by atoms with Crippen LogP contribution in [0.5, 0.6) is 0 Å². The maximum absolute atomic E-state index is 12.3. The van der Waals surface area contributed by atoms with Crippen LogP contribution in [-0.4, -0.2) is 29.9 Å². The molecule has 1 rings (SSSR count). The fourth-order valence-corrected chi connectivity index (χ4v) is 2.78. The largest absolute Gasteiger partial charge is 0.343 e. The number of hydrogen-bond donors (Lipinski definition) is 1. The molecular formula is C16H32N2O. The van der Waals surface area contributed by atoms with Gasteiger partial charge in [0, 0.05) is 25.6 Å². The van der Waals surface area contributed by atoms with Crippen LogP contribution in [0.1, 0.15) is 60.3 Å². The molecule has 0 aromatic rings. The van der Waals surface area contributed by atoms with Crippen LogP contribution in [0.4, 0.5) is 0 Å². The van der Waals surface area contributed by atoms with E-state index in [-0.39, 0.29) is 11.9 Å². The van der Waals surface area contributed by atoms with Gasteiger partial charge in [-0.05, 0) is 36.5 Å². The van der Waals surface area contributed by atoms with Crippen LogP contribution in [0.25, 0.3) is 0 Å². The van der Waals surface area contributed by atoms with Crippen molar-refractivity contribution in [3.63, 3.8) is 0 Å². The van der Waals surface area contributed by atoms with Crippen molar-refractivity contribution in [1.29, 1.82) is 0 Å². The minimum Gasteiger partial charge on any atom is -0.343 e. The molecule has 1 aliphatic rings. The number of likely N-dealkylation sites (tertiary alicyclic amines) is 1. The summed E-state index contributed by atoms with van der Waals surface area (Å²) < 4.78 is 0. The Labute approximate surface area is 118 Å². The molecule has 0 aliphatic carbocycles. The molecule has 0 saturated carbocycles. The molecule has 1 fully saturated rings. The summed E-state index contributed by atoms with van der Waals surface area (Å²) >= 11 is 0. The Morgan fingerprint density at radius 1 is 1.26 bits per heavy atom. The van der Waals surface area contributed by atoms with Gasteiger partial charge in [0.15, 0.2) is 0 Å². The summed E-state index contributed by atoms with van der Waals surface area (Å²) in [4.78, 5) is 14.3. The van der Waals surface area contributed by atoms with Crippen LogP contribution < -0.4 is 5.73 Å². The van der Waals surface area contributed by atoms with Crippen LogP contribution in [0.2, 0.25) is 0 Å². The fraction of sp³-hybridized carbons (Fsp3) is 0.938. The minimum absolute atomic E-state index is 0.00540. The van der Waals surface area contributed by atoms with Crippen molar-refractivity contribution >= 4 is 5.91 Å². The molecule has 1 heterocycles.